The maximum Gasteiger partial charge on any atom is 0.253 e. The van der Waals surface area contributed by atoms with Gasteiger partial charge >= 0.3 is 0 Å². The van der Waals surface area contributed by atoms with Gasteiger partial charge in [0.2, 0.25) is 5.56 Å². The first-order valence-electron chi connectivity index (χ1n) is 7.39. The number of carbonyl (C=O) groups excluding carboxylic acids is 1. The third-order valence-electron chi connectivity index (χ3n) is 3.74. The average Bonchev–Trinajstić information content (AvgIpc) is 3.08. The summed E-state index contributed by atoms with van der Waals surface area (Å²) >= 11 is 0. The number of amides is 1. The predicted molar refractivity (Wildman–Crippen MR) is 83.9 cm³/mol. The summed E-state index contributed by atoms with van der Waals surface area (Å²) in [6, 6.07) is 6.81. The Bertz CT molecular complexity index is 682. The Kier molecular flexibility index (Phi) is 4.18. The van der Waals surface area contributed by atoms with E-state index in [2.05, 4.69) is 20.2 Å². The fraction of sp³-hybridized carbons (Fsp3) is 0.312. The van der Waals surface area contributed by atoms with Crippen LogP contribution >= 0.6 is 0 Å². The SMILES string of the molecule is O=C(NCc1ccc(N2CCCC2)nc1)c1ccc(=O)[nH]c1. The second-order valence-corrected chi connectivity index (χ2v) is 5.34. The Hall–Kier alpha value is -2.63. The van der Waals surface area contributed by atoms with E-state index in [1.165, 1.54) is 31.2 Å². The van der Waals surface area contributed by atoms with Gasteiger partial charge in [-0.05, 0) is 30.5 Å². The summed E-state index contributed by atoms with van der Waals surface area (Å²) in [5.41, 5.74) is 1.15. The molecule has 0 radical (unpaired) electrons. The summed E-state index contributed by atoms with van der Waals surface area (Å²) < 4.78 is 0. The van der Waals surface area contributed by atoms with Crippen molar-refractivity contribution in [3.05, 3.63) is 58.1 Å². The van der Waals surface area contributed by atoms with Gasteiger partial charge in [-0.15, -0.1) is 0 Å². The van der Waals surface area contributed by atoms with Crippen molar-refractivity contribution < 1.29 is 4.79 Å². The molecule has 2 N–H and O–H groups in total. The number of rotatable bonds is 4. The summed E-state index contributed by atoms with van der Waals surface area (Å²) in [5.74, 6) is 0.771. The quantitative estimate of drug-likeness (QED) is 0.892. The van der Waals surface area contributed by atoms with Gasteiger partial charge in [-0.25, -0.2) is 4.98 Å². The zero-order valence-electron chi connectivity index (χ0n) is 12.2. The molecule has 0 saturated carbocycles. The van der Waals surface area contributed by atoms with E-state index in [1.807, 2.05) is 12.1 Å². The molecule has 6 heteroatoms. The lowest BCUT2D eigenvalue weighted by Crippen LogP contribution is -2.24. The Morgan fingerprint density at radius 1 is 1.23 bits per heavy atom. The Morgan fingerprint density at radius 2 is 2.05 bits per heavy atom. The van der Waals surface area contributed by atoms with Crippen LogP contribution < -0.4 is 15.8 Å². The molecule has 0 bridgehead atoms. The molecule has 1 aliphatic heterocycles. The molecule has 2 aromatic heterocycles. The monoisotopic (exact) mass is 298 g/mol. The van der Waals surface area contributed by atoms with Gasteiger partial charge in [-0.1, -0.05) is 6.07 Å². The van der Waals surface area contributed by atoms with Gasteiger partial charge in [0.15, 0.2) is 0 Å². The number of carbonyl (C=O) groups is 1. The third kappa shape index (κ3) is 3.33. The molecular weight excluding hydrogens is 280 g/mol. The molecule has 0 spiro atoms. The number of nitrogens with one attached hydrogen (secondary N) is 2. The average molecular weight is 298 g/mol. The number of hydrogen-bond donors (Lipinski definition) is 2. The molecule has 2 aromatic rings. The fourth-order valence-corrected chi connectivity index (χ4v) is 2.49. The molecule has 114 valence electrons. The van der Waals surface area contributed by atoms with Crippen molar-refractivity contribution in [2.45, 2.75) is 19.4 Å². The lowest BCUT2D eigenvalue weighted by atomic mass is 10.2. The summed E-state index contributed by atoms with van der Waals surface area (Å²) in [5, 5.41) is 2.81. The Labute approximate surface area is 128 Å². The van der Waals surface area contributed by atoms with Crippen molar-refractivity contribution in [3.8, 4) is 0 Å². The standard InChI is InChI=1S/C16H18N4O2/c21-15-6-4-13(11-18-15)16(22)19-10-12-3-5-14(17-9-12)20-7-1-2-8-20/h3-6,9,11H,1-2,7-8,10H2,(H,18,21)(H,19,22). The highest BCUT2D eigenvalue weighted by Gasteiger charge is 2.13. The second-order valence-electron chi connectivity index (χ2n) is 5.34. The van der Waals surface area contributed by atoms with Crippen LogP contribution in [0.2, 0.25) is 0 Å². The van der Waals surface area contributed by atoms with Crippen molar-refractivity contribution in [2.75, 3.05) is 18.0 Å². The first-order valence-corrected chi connectivity index (χ1v) is 7.39. The number of nitrogens with zero attached hydrogens (tertiary/aromatic N) is 2. The second kappa shape index (κ2) is 6.43. The van der Waals surface area contributed by atoms with Crippen LogP contribution in [0.15, 0.2) is 41.5 Å². The molecule has 0 atom stereocenters. The Morgan fingerprint density at radius 3 is 2.68 bits per heavy atom. The van der Waals surface area contributed by atoms with Crippen molar-refractivity contribution >= 4 is 11.7 Å². The summed E-state index contributed by atoms with van der Waals surface area (Å²) in [6.45, 7) is 2.54. The number of hydrogen-bond acceptors (Lipinski definition) is 4. The number of aromatic amines is 1. The summed E-state index contributed by atoms with van der Waals surface area (Å²) in [7, 11) is 0. The van der Waals surface area contributed by atoms with Gasteiger partial charge < -0.3 is 15.2 Å². The summed E-state index contributed by atoms with van der Waals surface area (Å²) in [4.78, 5) is 32.1. The molecule has 1 aliphatic rings. The molecule has 1 amide bonds. The highest BCUT2D eigenvalue weighted by molar-refractivity contribution is 5.93. The molecule has 6 nitrogen and oxygen atoms in total. The van der Waals surface area contributed by atoms with E-state index in [-0.39, 0.29) is 11.5 Å². The van der Waals surface area contributed by atoms with Gasteiger partial charge in [0.05, 0.1) is 5.56 Å². The Balaban J connectivity index is 1.57. The third-order valence-corrected chi connectivity index (χ3v) is 3.74. The van der Waals surface area contributed by atoms with Crippen LogP contribution in [-0.4, -0.2) is 29.0 Å². The molecule has 0 aliphatic carbocycles. The van der Waals surface area contributed by atoms with Gasteiger partial charge in [0.25, 0.3) is 5.91 Å². The molecule has 0 aromatic carbocycles. The van der Waals surface area contributed by atoms with Gasteiger partial charge in [0, 0.05) is 38.1 Å². The van der Waals surface area contributed by atoms with Crippen LogP contribution in [0.1, 0.15) is 28.8 Å². The van der Waals surface area contributed by atoms with Crippen molar-refractivity contribution in [2.24, 2.45) is 0 Å². The highest BCUT2D eigenvalue weighted by atomic mass is 16.1. The molecule has 0 unspecified atom stereocenters. The maximum atomic E-state index is 11.9. The molecule has 22 heavy (non-hydrogen) atoms. The van der Waals surface area contributed by atoms with Gasteiger partial charge in [-0.3, -0.25) is 9.59 Å². The van der Waals surface area contributed by atoms with Crippen molar-refractivity contribution in [3.63, 3.8) is 0 Å². The minimum atomic E-state index is -0.224. The highest BCUT2D eigenvalue weighted by Crippen LogP contribution is 2.17. The first-order chi connectivity index (χ1) is 10.7. The molecule has 1 saturated heterocycles. The predicted octanol–water partition coefficient (Wildman–Crippen LogP) is 1.30. The molecule has 1 fully saturated rings. The smallest absolute Gasteiger partial charge is 0.253 e. The largest absolute Gasteiger partial charge is 0.357 e. The minimum Gasteiger partial charge on any atom is -0.357 e. The van der Waals surface area contributed by atoms with Crippen LogP contribution in [0.25, 0.3) is 0 Å². The number of pyridine rings is 2. The molecular formula is C16H18N4O2. The van der Waals surface area contributed by atoms with E-state index in [4.69, 9.17) is 0 Å². The van der Waals surface area contributed by atoms with Crippen LogP contribution in [0.3, 0.4) is 0 Å². The van der Waals surface area contributed by atoms with Crippen LogP contribution in [0.4, 0.5) is 5.82 Å². The fourth-order valence-electron chi connectivity index (χ4n) is 2.49. The van der Waals surface area contributed by atoms with Crippen LogP contribution in [-0.2, 0) is 6.54 Å². The molecule has 3 heterocycles. The van der Waals surface area contributed by atoms with E-state index in [1.54, 1.807) is 6.20 Å². The van der Waals surface area contributed by atoms with E-state index >= 15 is 0 Å². The van der Waals surface area contributed by atoms with E-state index in [0.29, 0.717) is 12.1 Å². The topological polar surface area (TPSA) is 78.1 Å². The number of anilines is 1. The van der Waals surface area contributed by atoms with E-state index in [9.17, 15) is 9.59 Å². The number of aromatic nitrogens is 2. The lowest BCUT2D eigenvalue weighted by molar-refractivity contribution is 0.0950. The van der Waals surface area contributed by atoms with Crippen molar-refractivity contribution in [1.29, 1.82) is 0 Å². The van der Waals surface area contributed by atoms with E-state index in [0.717, 1.165) is 24.5 Å². The van der Waals surface area contributed by atoms with Gasteiger partial charge in [-0.2, -0.15) is 0 Å². The molecule has 3 rings (SSSR count). The zero-order chi connectivity index (χ0) is 15.4. The lowest BCUT2D eigenvalue weighted by Gasteiger charge is -2.16. The van der Waals surface area contributed by atoms with Crippen LogP contribution in [0.5, 0.6) is 0 Å². The van der Waals surface area contributed by atoms with Gasteiger partial charge in [0.1, 0.15) is 5.82 Å². The zero-order valence-corrected chi connectivity index (χ0v) is 12.2. The van der Waals surface area contributed by atoms with Crippen molar-refractivity contribution in [1.82, 2.24) is 15.3 Å². The van der Waals surface area contributed by atoms with Crippen LogP contribution in [0, 0.1) is 0 Å². The summed E-state index contributed by atoms with van der Waals surface area (Å²) in [6.07, 6.45) is 5.64. The first kappa shape index (κ1) is 14.3. The normalized spacial score (nSPS) is 14.1. The number of H-pyrrole nitrogens is 1. The minimum absolute atomic E-state index is 0.222. The maximum absolute atomic E-state index is 11.9. The van der Waals surface area contributed by atoms with E-state index < -0.39 is 0 Å².